The number of pyridine rings is 1. The summed E-state index contributed by atoms with van der Waals surface area (Å²) in [5.74, 6) is 1.87. The van der Waals surface area contributed by atoms with Crippen molar-refractivity contribution in [3.63, 3.8) is 0 Å². The Bertz CT molecular complexity index is 721. The van der Waals surface area contributed by atoms with E-state index in [1.165, 1.54) is 6.20 Å². The number of ether oxygens (including phenoxy) is 1. The van der Waals surface area contributed by atoms with E-state index < -0.39 is 0 Å². The number of aryl methyl sites for hydroxylation is 1. The number of halogens is 1. The zero-order valence-corrected chi connectivity index (χ0v) is 13.4. The average Bonchev–Trinajstić information content (AvgIpc) is 3.00. The first kappa shape index (κ1) is 15.7. The molecule has 3 heterocycles. The third kappa shape index (κ3) is 3.60. The molecule has 2 aromatic rings. The van der Waals surface area contributed by atoms with Gasteiger partial charge in [-0.1, -0.05) is 16.8 Å². The fraction of sp³-hybridized carbons (Fsp3) is 0.467. The fourth-order valence-corrected chi connectivity index (χ4v) is 2.84. The van der Waals surface area contributed by atoms with Crippen LogP contribution in [-0.4, -0.2) is 28.3 Å². The molecule has 1 saturated heterocycles. The first-order valence-electron chi connectivity index (χ1n) is 7.37. The van der Waals surface area contributed by atoms with E-state index in [0.29, 0.717) is 41.3 Å². The molecule has 0 radical (unpaired) electrons. The lowest BCUT2D eigenvalue weighted by Gasteiger charge is -2.29. The van der Waals surface area contributed by atoms with Crippen molar-refractivity contribution in [2.24, 2.45) is 5.92 Å². The van der Waals surface area contributed by atoms with Crippen LogP contribution in [0, 0.1) is 24.2 Å². The third-order valence-corrected chi connectivity index (χ3v) is 4.10. The van der Waals surface area contributed by atoms with E-state index in [1.54, 1.807) is 13.0 Å². The SMILES string of the molecule is Cc1noc(C(Nc2ncc(C#N)cc2Cl)C2CCOCC2)n1. The van der Waals surface area contributed by atoms with Crippen molar-refractivity contribution in [2.45, 2.75) is 25.8 Å². The highest BCUT2D eigenvalue weighted by atomic mass is 35.5. The van der Waals surface area contributed by atoms with E-state index in [2.05, 4.69) is 20.4 Å². The van der Waals surface area contributed by atoms with Gasteiger partial charge in [-0.2, -0.15) is 10.2 Å². The fourth-order valence-electron chi connectivity index (χ4n) is 2.62. The molecule has 0 aromatic carbocycles. The minimum absolute atomic E-state index is 0.196. The molecule has 120 valence electrons. The molecule has 1 atom stereocenters. The van der Waals surface area contributed by atoms with Crippen molar-refractivity contribution in [2.75, 3.05) is 18.5 Å². The van der Waals surface area contributed by atoms with Crippen LogP contribution in [0.2, 0.25) is 5.02 Å². The van der Waals surface area contributed by atoms with Gasteiger partial charge in [-0.05, 0) is 31.7 Å². The molecule has 0 bridgehead atoms. The molecule has 1 fully saturated rings. The molecule has 0 amide bonds. The minimum atomic E-state index is -0.196. The van der Waals surface area contributed by atoms with Gasteiger partial charge in [-0.3, -0.25) is 0 Å². The van der Waals surface area contributed by atoms with E-state index in [0.717, 1.165) is 12.8 Å². The van der Waals surface area contributed by atoms with Crippen LogP contribution in [0.5, 0.6) is 0 Å². The summed E-state index contributed by atoms with van der Waals surface area (Å²) in [5, 5.41) is 16.5. The van der Waals surface area contributed by atoms with Crippen molar-refractivity contribution in [3.8, 4) is 6.07 Å². The van der Waals surface area contributed by atoms with Gasteiger partial charge < -0.3 is 14.6 Å². The van der Waals surface area contributed by atoms with Crippen LogP contribution in [0.15, 0.2) is 16.8 Å². The van der Waals surface area contributed by atoms with E-state index in [4.69, 9.17) is 26.1 Å². The van der Waals surface area contributed by atoms with Gasteiger partial charge in [0.05, 0.1) is 10.6 Å². The Labute approximate surface area is 138 Å². The Balaban J connectivity index is 1.88. The Kier molecular flexibility index (Phi) is 4.74. The largest absolute Gasteiger partial charge is 0.381 e. The van der Waals surface area contributed by atoms with Crippen LogP contribution < -0.4 is 5.32 Å². The average molecular weight is 334 g/mol. The number of nitriles is 1. The maximum absolute atomic E-state index is 8.90. The van der Waals surface area contributed by atoms with Crippen LogP contribution in [0.25, 0.3) is 0 Å². The summed E-state index contributed by atoms with van der Waals surface area (Å²) < 4.78 is 10.8. The maximum Gasteiger partial charge on any atom is 0.249 e. The van der Waals surface area contributed by atoms with Crippen LogP contribution in [0.1, 0.15) is 36.2 Å². The van der Waals surface area contributed by atoms with Crippen LogP contribution in [0.3, 0.4) is 0 Å². The molecule has 1 aliphatic rings. The zero-order valence-electron chi connectivity index (χ0n) is 12.6. The highest BCUT2D eigenvalue weighted by molar-refractivity contribution is 6.33. The number of anilines is 1. The third-order valence-electron chi connectivity index (χ3n) is 3.81. The summed E-state index contributed by atoms with van der Waals surface area (Å²) in [6, 6.07) is 3.40. The Morgan fingerprint density at radius 3 is 2.83 bits per heavy atom. The van der Waals surface area contributed by atoms with Gasteiger partial charge in [-0.25, -0.2) is 4.98 Å². The Hall–Kier alpha value is -2.17. The second-order valence-electron chi connectivity index (χ2n) is 5.42. The monoisotopic (exact) mass is 333 g/mol. The zero-order chi connectivity index (χ0) is 16.2. The quantitative estimate of drug-likeness (QED) is 0.918. The standard InChI is InChI=1S/C15H16ClN5O2/c1-9-19-15(23-21-9)13(11-2-4-22-5-3-11)20-14-12(16)6-10(7-17)8-18-14/h6,8,11,13H,2-5H2,1H3,(H,18,20). The number of nitrogens with zero attached hydrogens (tertiary/aromatic N) is 4. The van der Waals surface area contributed by atoms with Crippen molar-refractivity contribution >= 4 is 17.4 Å². The number of nitrogens with one attached hydrogen (secondary N) is 1. The number of hydrogen-bond acceptors (Lipinski definition) is 7. The molecular weight excluding hydrogens is 318 g/mol. The highest BCUT2D eigenvalue weighted by Gasteiger charge is 2.30. The molecule has 3 rings (SSSR count). The molecule has 0 spiro atoms. The Morgan fingerprint density at radius 1 is 1.43 bits per heavy atom. The lowest BCUT2D eigenvalue weighted by atomic mass is 9.91. The summed E-state index contributed by atoms with van der Waals surface area (Å²) in [6.45, 7) is 3.18. The van der Waals surface area contributed by atoms with Crippen molar-refractivity contribution in [1.82, 2.24) is 15.1 Å². The topological polar surface area (TPSA) is 96.9 Å². The molecular formula is C15H16ClN5O2. The lowest BCUT2D eigenvalue weighted by molar-refractivity contribution is 0.0571. The molecule has 1 unspecified atom stereocenters. The summed E-state index contributed by atoms with van der Waals surface area (Å²) in [7, 11) is 0. The predicted molar refractivity (Wildman–Crippen MR) is 82.9 cm³/mol. The first-order chi connectivity index (χ1) is 11.2. The van der Waals surface area contributed by atoms with Gasteiger partial charge in [0.25, 0.3) is 0 Å². The Morgan fingerprint density at radius 2 is 2.22 bits per heavy atom. The van der Waals surface area contributed by atoms with E-state index >= 15 is 0 Å². The molecule has 8 heteroatoms. The molecule has 1 N–H and O–H groups in total. The number of aromatic nitrogens is 3. The molecule has 0 saturated carbocycles. The molecule has 2 aromatic heterocycles. The van der Waals surface area contributed by atoms with Crippen LogP contribution in [0.4, 0.5) is 5.82 Å². The van der Waals surface area contributed by atoms with E-state index in [1.807, 2.05) is 6.07 Å². The van der Waals surface area contributed by atoms with Gasteiger partial charge in [0.15, 0.2) is 5.82 Å². The van der Waals surface area contributed by atoms with Gasteiger partial charge in [0, 0.05) is 19.4 Å². The van der Waals surface area contributed by atoms with Crippen LogP contribution >= 0.6 is 11.6 Å². The van der Waals surface area contributed by atoms with Crippen molar-refractivity contribution in [3.05, 3.63) is 34.6 Å². The summed E-state index contributed by atoms with van der Waals surface area (Å²) in [4.78, 5) is 8.57. The molecule has 1 aliphatic heterocycles. The minimum Gasteiger partial charge on any atom is -0.381 e. The van der Waals surface area contributed by atoms with Crippen molar-refractivity contribution in [1.29, 1.82) is 5.26 Å². The molecule has 0 aliphatic carbocycles. The number of rotatable bonds is 4. The normalized spacial score (nSPS) is 16.7. The van der Waals surface area contributed by atoms with E-state index in [-0.39, 0.29) is 12.0 Å². The van der Waals surface area contributed by atoms with Gasteiger partial charge >= 0.3 is 0 Å². The van der Waals surface area contributed by atoms with Crippen LogP contribution in [-0.2, 0) is 4.74 Å². The predicted octanol–water partition coefficient (Wildman–Crippen LogP) is 2.88. The van der Waals surface area contributed by atoms with Gasteiger partial charge in [-0.15, -0.1) is 0 Å². The summed E-state index contributed by atoms with van der Waals surface area (Å²) in [6.07, 6.45) is 3.24. The second-order valence-corrected chi connectivity index (χ2v) is 5.83. The van der Waals surface area contributed by atoms with Gasteiger partial charge in [0.2, 0.25) is 5.89 Å². The van der Waals surface area contributed by atoms with E-state index in [9.17, 15) is 0 Å². The lowest BCUT2D eigenvalue weighted by Crippen LogP contribution is -2.27. The highest BCUT2D eigenvalue weighted by Crippen LogP contribution is 2.33. The second kappa shape index (κ2) is 6.94. The first-order valence-corrected chi connectivity index (χ1v) is 7.75. The van der Waals surface area contributed by atoms with Crippen molar-refractivity contribution < 1.29 is 9.26 Å². The maximum atomic E-state index is 8.90. The summed E-state index contributed by atoms with van der Waals surface area (Å²) >= 11 is 6.22. The molecule has 23 heavy (non-hydrogen) atoms. The molecule has 7 nitrogen and oxygen atoms in total. The van der Waals surface area contributed by atoms with Gasteiger partial charge in [0.1, 0.15) is 17.9 Å². The summed E-state index contributed by atoms with van der Waals surface area (Å²) in [5.41, 5.74) is 0.414. The number of hydrogen-bond donors (Lipinski definition) is 1. The smallest absolute Gasteiger partial charge is 0.249 e.